The van der Waals surface area contributed by atoms with Gasteiger partial charge in [0.2, 0.25) is 0 Å². The van der Waals surface area contributed by atoms with Gasteiger partial charge in [-0.2, -0.15) is 0 Å². The molecule has 0 spiro atoms. The van der Waals surface area contributed by atoms with Crippen molar-refractivity contribution in [3.05, 3.63) is 12.7 Å². The van der Waals surface area contributed by atoms with Crippen molar-refractivity contribution in [1.82, 2.24) is 9.96 Å². The zero-order valence-corrected chi connectivity index (χ0v) is 11.1. The van der Waals surface area contributed by atoms with Gasteiger partial charge in [0, 0.05) is 13.6 Å². The normalized spacial score (nSPS) is 15.7. The van der Waals surface area contributed by atoms with Crippen LogP contribution in [-0.4, -0.2) is 54.8 Å². The maximum absolute atomic E-state index is 12.2. The smallest absolute Gasteiger partial charge is 0.410 e. The molecule has 2 amide bonds. The molecule has 102 valence electrons. The quantitative estimate of drug-likeness (QED) is 0.529. The molecule has 0 aromatic carbocycles. The van der Waals surface area contributed by atoms with Crippen LogP contribution in [0.4, 0.5) is 4.79 Å². The Kier molecular flexibility index (Phi) is 4.72. The zero-order chi connectivity index (χ0) is 13.8. The van der Waals surface area contributed by atoms with Crippen LogP contribution < -0.4 is 0 Å². The van der Waals surface area contributed by atoms with Crippen molar-refractivity contribution in [3.8, 4) is 0 Å². The third kappa shape index (κ3) is 2.64. The number of likely N-dealkylation sites (N-methyl/N-ethyl adjacent to an activating group) is 1. The van der Waals surface area contributed by atoms with Crippen molar-refractivity contribution in [1.29, 1.82) is 0 Å². The van der Waals surface area contributed by atoms with Gasteiger partial charge in [0.15, 0.2) is 0 Å². The molecule has 1 aliphatic carbocycles. The van der Waals surface area contributed by atoms with Crippen LogP contribution in [0.25, 0.3) is 0 Å². The van der Waals surface area contributed by atoms with Crippen LogP contribution in [0, 0.1) is 0 Å². The number of rotatable bonds is 6. The first-order valence-corrected chi connectivity index (χ1v) is 5.91. The summed E-state index contributed by atoms with van der Waals surface area (Å²) >= 11 is 0. The van der Waals surface area contributed by atoms with E-state index in [9.17, 15) is 9.59 Å². The van der Waals surface area contributed by atoms with Crippen LogP contribution in [-0.2, 0) is 14.4 Å². The molecule has 1 fully saturated rings. The molecule has 0 atom stereocenters. The summed E-state index contributed by atoms with van der Waals surface area (Å²) in [6, 6.07) is 0. The van der Waals surface area contributed by atoms with Gasteiger partial charge in [-0.15, -0.1) is 6.58 Å². The molecule has 0 radical (unpaired) electrons. The Morgan fingerprint density at radius 1 is 1.44 bits per heavy atom. The lowest BCUT2D eigenvalue weighted by Crippen LogP contribution is -2.52. The summed E-state index contributed by atoms with van der Waals surface area (Å²) in [5.74, 6) is -0.236. The van der Waals surface area contributed by atoms with Crippen LogP contribution in [0.3, 0.4) is 0 Å². The molecule has 18 heavy (non-hydrogen) atoms. The number of nitrogens with zero attached hydrogens (tertiary/aromatic N) is 2. The molecule has 0 bridgehead atoms. The predicted molar refractivity (Wildman–Crippen MR) is 65.7 cm³/mol. The summed E-state index contributed by atoms with van der Waals surface area (Å²) in [4.78, 5) is 30.4. The lowest BCUT2D eigenvalue weighted by molar-refractivity contribution is -0.175. The topological polar surface area (TPSA) is 59.1 Å². The largest absolute Gasteiger partial charge is 0.450 e. The summed E-state index contributed by atoms with van der Waals surface area (Å²) in [6.07, 6.45) is 2.32. The van der Waals surface area contributed by atoms with Crippen LogP contribution >= 0.6 is 0 Å². The lowest BCUT2D eigenvalue weighted by atomic mass is 10.2. The minimum atomic E-state index is -0.828. The maximum atomic E-state index is 12.2. The maximum Gasteiger partial charge on any atom is 0.410 e. The first-order valence-electron chi connectivity index (χ1n) is 5.91. The molecule has 0 aromatic rings. The number of amides is 2. The van der Waals surface area contributed by atoms with Gasteiger partial charge < -0.3 is 4.74 Å². The second-order valence-corrected chi connectivity index (χ2v) is 4.11. The first-order chi connectivity index (χ1) is 8.53. The summed E-state index contributed by atoms with van der Waals surface area (Å²) in [6.45, 7) is 5.89. The van der Waals surface area contributed by atoms with Crippen molar-refractivity contribution >= 4 is 12.0 Å². The van der Waals surface area contributed by atoms with E-state index in [1.54, 1.807) is 13.0 Å². The molecule has 0 aliphatic heterocycles. The third-order valence-corrected chi connectivity index (χ3v) is 3.00. The molecule has 6 heteroatoms. The standard InChI is InChI=1S/C12H20N2O4/c1-5-9-14(11(16)18-6-2)12(7-8-12)10(15)13(3)17-4/h5H,1,6-9H2,2-4H3. The van der Waals surface area contributed by atoms with E-state index in [0.717, 1.165) is 5.06 Å². The van der Waals surface area contributed by atoms with E-state index in [1.807, 2.05) is 0 Å². The van der Waals surface area contributed by atoms with Crippen molar-refractivity contribution in [2.75, 3.05) is 27.3 Å². The Morgan fingerprint density at radius 2 is 2.06 bits per heavy atom. The molecule has 0 N–H and O–H groups in total. The molecular weight excluding hydrogens is 236 g/mol. The van der Waals surface area contributed by atoms with Gasteiger partial charge in [-0.05, 0) is 19.8 Å². The molecular formula is C12H20N2O4. The highest BCUT2D eigenvalue weighted by atomic mass is 16.7. The van der Waals surface area contributed by atoms with Crippen molar-refractivity contribution in [2.24, 2.45) is 0 Å². The molecule has 1 aliphatic rings. The molecule has 0 heterocycles. The van der Waals surface area contributed by atoms with E-state index in [0.29, 0.717) is 12.8 Å². The Morgan fingerprint density at radius 3 is 2.44 bits per heavy atom. The van der Waals surface area contributed by atoms with Gasteiger partial charge >= 0.3 is 6.09 Å². The second-order valence-electron chi connectivity index (χ2n) is 4.11. The predicted octanol–water partition coefficient (Wildman–Crippen LogP) is 1.18. The van der Waals surface area contributed by atoms with Crippen LogP contribution in [0.1, 0.15) is 19.8 Å². The highest BCUT2D eigenvalue weighted by Gasteiger charge is 2.58. The van der Waals surface area contributed by atoms with Gasteiger partial charge in [-0.25, -0.2) is 9.86 Å². The van der Waals surface area contributed by atoms with Gasteiger partial charge in [-0.3, -0.25) is 14.5 Å². The van der Waals surface area contributed by atoms with E-state index in [-0.39, 0.29) is 19.1 Å². The third-order valence-electron chi connectivity index (χ3n) is 3.00. The monoisotopic (exact) mass is 256 g/mol. The fourth-order valence-corrected chi connectivity index (χ4v) is 1.85. The fraction of sp³-hybridized carbons (Fsp3) is 0.667. The first kappa shape index (κ1) is 14.5. The molecule has 0 saturated heterocycles. The van der Waals surface area contributed by atoms with Gasteiger partial charge in [0.05, 0.1) is 13.7 Å². The lowest BCUT2D eigenvalue weighted by Gasteiger charge is -2.31. The van der Waals surface area contributed by atoms with E-state index in [2.05, 4.69) is 6.58 Å². The Balaban J connectivity index is 2.87. The fourth-order valence-electron chi connectivity index (χ4n) is 1.85. The zero-order valence-electron chi connectivity index (χ0n) is 11.1. The SMILES string of the molecule is C=CCN(C(=O)OCC)C1(C(=O)N(C)OC)CC1. The highest BCUT2D eigenvalue weighted by Crippen LogP contribution is 2.43. The van der Waals surface area contributed by atoms with E-state index >= 15 is 0 Å². The van der Waals surface area contributed by atoms with Crippen molar-refractivity contribution < 1.29 is 19.2 Å². The van der Waals surface area contributed by atoms with Gasteiger partial charge in [0.1, 0.15) is 5.54 Å². The van der Waals surface area contributed by atoms with Crippen LogP contribution in [0.5, 0.6) is 0 Å². The summed E-state index contributed by atoms with van der Waals surface area (Å²) < 4.78 is 4.97. The molecule has 1 saturated carbocycles. The van der Waals surface area contributed by atoms with Gasteiger partial charge in [0.25, 0.3) is 5.91 Å². The molecule has 0 unspecified atom stereocenters. The molecule has 0 aromatic heterocycles. The van der Waals surface area contributed by atoms with Crippen molar-refractivity contribution in [3.63, 3.8) is 0 Å². The Bertz CT molecular complexity index is 339. The minimum Gasteiger partial charge on any atom is -0.450 e. The molecule has 1 rings (SSSR count). The summed E-state index contributed by atoms with van der Waals surface area (Å²) in [5, 5.41) is 1.14. The van der Waals surface area contributed by atoms with Crippen LogP contribution in [0.2, 0.25) is 0 Å². The summed E-state index contributed by atoms with van der Waals surface area (Å²) in [5.41, 5.74) is -0.828. The number of ether oxygens (including phenoxy) is 1. The van der Waals surface area contributed by atoms with Crippen molar-refractivity contribution in [2.45, 2.75) is 25.3 Å². The second kappa shape index (κ2) is 5.86. The van der Waals surface area contributed by atoms with E-state index < -0.39 is 11.6 Å². The average Bonchev–Trinajstić information content (AvgIpc) is 3.15. The van der Waals surface area contributed by atoms with E-state index in [4.69, 9.17) is 9.57 Å². The number of carbonyl (C=O) groups excluding carboxylic acids is 2. The van der Waals surface area contributed by atoms with Gasteiger partial charge in [-0.1, -0.05) is 6.08 Å². The van der Waals surface area contributed by atoms with E-state index in [1.165, 1.54) is 19.1 Å². The Labute approximate surface area is 107 Å². The number of hydrogen-bond donors (Lipinski definition) is 0. The number of hydroxylamine groups is 2. The number of carbonyl (C=O) groups is 2. The number of hydrogen-bond acceptors (Lipinski definition) is 4. The average molecular weight is 256 g/mol. The molecule has 6 nitrogen and oxygen atoms in total. The highest BCUT2D eigenvalue weighted by molar-refractivity contribution is 5.92. The Hall–Kier alpha value is -1.56. The minimum absolute atomic E-state index is 0.236. The van der Waals surface area contributed by atoms with Crippen LogP contribution in [0.15, 0.2) is 12.7 Å². The summed E-state index contributed by atoms with van der Waals surface area (Å²) in [7, 11) is 2.94.